The van der Waals surface area contributed by atoms with Crippen molar-refractivity contribution in [2.75, 3.05) is 13.1 Å². The van der Waals surface area contributed by atoms with Gasteiger partial charge in [0.05, 0.1) is 5.92 Å². The van der Waals surface area contributed by atoms with Crippen LogP contribution < -0.4 is 0 Å². The minimum absolute atomic E-state index is 0.0879. The number of aromatic nitrogens is 3. The molecule has 2 aromatic rings. The van der Waals surface area contributed by atoms with Crippen LogP contribution in [-0.4, -0.2) is 39.0 Å². The molecule has 0 bridgehead atoms. The van der Waals surface area contributed by atoms with Gasteiger partial charge in [-0.05, 0) is 19.8 Å². The molecule has 3 rings (SSSR count). The van der Waals surface area contributed by atoms with Crippen LogP contribution in [0.25, 0.3) is 0 Å². The molecule has 0 radical (unpaired) electrons. The zero-order valence-electron chi connectivity index (χ0n) is 13.1. The number of oxazole rings is 1. The molecule has 0 saturated carbocycles. The number of rotatable bonds is 3. The van der Waals surface area contributed by atoms with E-state index in [1.165, 1.54) is 6.39 Å². The van der Waals surface area contributed by atoms with Crippen LogP contribution in [-0.2, 0) is 0 Å². The maximum atomic E-state index is 12.5. The Morgan fingerprint density at radius 3 is 2.91 bits per heavy atom. The van der Waals surface area contributed by atoms with Crippen LogP contribution in [0.15, 0.2) is 15.3 Å². The minimum atomic E-state index is -0.0976. The lowest BCUT2D eigenvalue weighted by atomic mass is 9.97. The van der Waals surface area contributed by atoms with E-state index < -0.39 is 0 Å². The Hall–Kier alpha value is -2.18. The molecule has 7 nitrogen and oxygen atoms in total. The van der Waals surface area contributed by atoms with Crippen molar-refractivity contribution in [2.45, 2.75) is 45.4 Å². The van der Waals surface area contributed by atoms with Crippen LogP contribution in [0, 0.1) is 6.92 Å². The Morgan fingerprint density at radius 2 is 2.27 bits per heavy atom. The van der Waals surface area contributed by atoms with E-state index in [2.05, 4.69) is 15.1 Å². The second-order valence-electron chi connectivity index (χ2n) is 5.99. The van der Waals surface area contributed by atoms with Crippen LogP contribution in [0.2, 0.25) is 0 Å². The van der Waals surface area contributed by atoms with Gasteiger partial charge < -0.3 is 13.8 Å². The fourth-order valence-electron chi connectivity index (χ4n) is 2.67. The third kappa shape index (κ3) is 2.75. The summed E-state index contributed by atoms with van der Waals surface area (Å²) in [4.78, 5) is 22.8. The first-order chi connectivity index (χ1) is 10.6. The lowest BCUT2D eigenvalue weighted by molar-refractivity contribution is 0.0688. The molecule has 7 heteroatoms. The number of aryl methyl sites for hydroxylation is 1. The summed E-state index contributed by atoms with van der Waals surface area (Å²) in [6.07, 6.45) is 3.16. The van der Waals surface area contributed by atoms with Crippen molar-refractivity contribution in [2.24, 2.45) is 0 Å². The summed E-state index contributed by atoms with van der Waals surface area (Å²) in [6.45, 7) is 7.09. The number of nitrogens with zero attached hydrogens (tertiary/aromatic N) is 4. The van der Waals surface area contributed by atoms with Crippen molar-refractivity contribution in [1.82, 2.24) is 20.0 Å². The van der Waals surface area contributed by atoms with Crippen molar-refractivity contribution in [3.63, 3.8) is 0 Å². The molecular formula is C15H20N4O3. The van der Waals surface area contributed by atoms with Gasteiger partial charge in [-0.15, -0.1) is 0 Å². The fraction of sp³-hybridized carbons (Fsp3) is 0.600. The summed E-state index contributed by atoms with van der Waals surface area (Å²) in [5.74, 6) is 2.11. The van der Waals surface area contributed by atoms with Gasteiger partial charge in [0, 0.05) is 19.0 Å². The minimum Gasteiger partial charge on any atom is -0.448 e. The summed E-state index contributed by atoms with van der Waals surface area (Å²) in [5, 5.41) is 4.01. The third-order valence-corrected chi connectivity index (χ3v) is 3.98. The zero-order valence-corrected chi connectivity index (χ0v) is 13.1. The summed E-state index contributed by atoms with van der Waals surface area (Å²) < 4.78 is 10.5. The molecule has 1 aliphatic rings. The molecule has 1 amide bonds. The predicted octanol–water partition coefficient (Wildman–Crippen LogP) is 2.51. The fourth-order valence-corrected chi connectivity index (χ4v) is 2.67. The number of carbonyl (C=O) groups is 1. The standard InChI is InChI=1S/C15H20N4O3/c1-9(2)13-17-14(22-18-13)11-5-4-6-19(7-11)15(20)12-10(3)21-8-16-12/h8-9,11H,4-7H2,1-3H3/t11-/m0/s1. The van der Waals surface area contributed by atoms with Crippen molar-refractivity contribution in [3.05, 3.63) is 29.6 Å². The maximum Gasteiger partial charge on any atom is 0.276 e. The SMILES string of the molecule is Cc1ocnc1C(=O)N1CCC[C@H](c2nc(C(C)C)no2)C1. The molecule has 22 heavy (non-hydrogen) atoms. The number of likely N-dealkylation sites (tertiary alicyclic amines) is 1. The summed E-state index contributed by atoms with van der Waals surface area (Å²) >= 11 is 0. The van der Waals surface area contributed by atoms with Gasteiger partial charge in [0.15, 0.2) is 17.9 Å². The van der Waals surface area contributed by atoms with Crippen molar-refractivity contribution < 1.29 is 13.7 Å². The van der Waals surface area contributed by atoms with E-state index in [-0.39, 0.29) is 17.7 Å². The van der Waals surface area contributed by atoms with E-state index in [0.29, 0.717) is 36.3 Å². The number of hydrogen-bond acceptors (Lipinski definition) is 6. The topological polar surface area (TPSA) is 85.3 Å². The highest BCUT2D eigenvalue weighted by Crippen LogP contribution is 2.27. The predicted molar refractivity (Wildman–Crippen MR) is 77.5 cm³/mol. The first kappa shape index (κ1) is 14.7. The largest absolute Gasteiger partial charge is 0.448 e. The van der Waals surface area contributed by atoms with Crippen LogP contribution in [0.5, 0.6) is 0 Å². The van der Waals surface area contributed by atoms with Gasteiger partial charge in [-0.1, -0.05) is 19.0 Å². The average Bonchev–Trinajstić information content (AvgIpc) is 3.15. The van der Waals surface area contributed by atoms with Crippen LogP contribution in [0.3, 0.4) is 0 Å². The van der Waals surface area contributed by atoms with E-state index in [1.54, 1.807) is 11.8 Å². The number of piperidine rings is 1. The second-order valence-corrected chi connectivity index (χ2v) is 5.99. The first-order valence-electron chi connectivity index (χ1n) is 7.59. The van der Waals surface area contributed by atoms with Crippen molar-refractivity contribution in [3.8, 4) is 0 Å². The highest BCUT2D eigenvalue weighted by molar-refractivity contribution is 5.93. The molecule has 118 valence electrons. The summed E-state index contributed by atoms with van der Waals surface area (Å²) in [5.41, 5.74) is 0.383. The highest BCUT2D eigenvalue weighted by Gasteiger charge is 2.30. The van der Waals surface area contributed by atoms with Gasteiger partial charge in [-0.3, -0.25) is 4.79 Å². The normalized spacial score (nSPS) is 18.9. The molecule has 0 aromatic carbocycles. The Morgan fingerprint density at radius 1 is 1.45 bits per heavy atom. The molecule has 1 fully saturated rings. The van der Waals surface area contributed by atoms with Gasteiger partial charge in [-0.25, -0.2) is 4.98 Å². The lowest BCUT2D eigenvalue weighted by Gasteiger charge is -2.30. The smallest absolute Gasteiger partial charge is 0.276 e. The highest BCUT2D eigenvalue weighted by atomic mass is 16.5. The molecule has 0 unspecified atom stereocenters. The zero-order chi connectivity index (χ0) is 15.7. The first-order valence-corrected chi connectivity index (χ1v) is 7.59. The lowest BCUT2D eigenvalue weighted by Crippen LogP contribution is -2.39. The Balaban J connectivity index is 1.73. The van der Waals surface area contributed by atoms with E-state index >= 15 is 0 Å². The Bertz CT molecular complexity index is 661. The molecular weight excluding hydrogens is 284 g/mol. The van der Waals surface area contributed by atoms with Crippen molar-refractivity contribution >= 4 is 5.91 Å². The number of amides is 1. The second kappa shape index (κ2) is 5.90. The molecule has 1 saturated heterocycles. The van der Waals surface area contributed by atoms with Gasteiger partial charge >= 0.3 is 0 Å². The van der Waals surface area contributed by atoms with Crippen molar-refractivity contribution in [1.29, 1.82) is 0 Å². The molecule has 0 N–H and O–H groups in total. The van der Waals surface area contributed by atoms with Gasteiger partial charge in [-0.2, -0.15) is 4.98 Å². The molecule has 2 aromatic heterocycles. The number of carbonyl (C=O) groups excluding carboxylic acids is 1. The van der Waals surface area contributed by atoms with Gasteiger partial charge in [0.1, 0.15) is 5.76 Å². The maximum absolute atomic E-state index is 12.5. The van der Waals surface area contributed by atoms with E-state index in [4.69, 9.17) is 8.94 Å². The molecule has 1 atom stereocenters. The molecule has 0 aliphatic carbocycles. The summed E-state index contributed by atoms with van der Waals surface area (Å²) in [6, 6.07) is 0. The van der Waals surface area contributed by atoms with Crippen LogP contribution >= 0.6 is 0 Å². The van der Waals surface area contributed by atoms with Gasteiger partial charge in [0.2, 0.25) is 5.89 Å². The Kier molecular flexibility index (Phi) is 3.96. The van der Waals surface area contributed by atoms with Crippen LogP contribution in [0.1, 0.15) is 66.5 Å². The molecule has 1 aliphatic heterocycles. The van der Waals surface area contributed by atoms with E-state index in [1.807, 2.05) is 13.8 Å². The summed E-state index contributed by atoms with van der Waals surface area (Å²) in [7, 11) is 0. The van der Waals surface area contributed by atoms with Gasteiger partial charge in [0.25, 0.3) is 5.91 Å². The van der Waals surface area contributed by atoms with E-state index in [9.17, 15) is 4.79 Å². The average molecular weight is 304 g/mol. The quantitative estimate of drug-likeness (QED) is 0.866. The van der Waals surface area contributed by atoms with Crippen LogP contribution in [0.4, 0.5) is 0 Å². The van der Waals surface area contributed by atoms with E-state index in [0.717, 1.165) is 12.8 Å². The third-order valence-electron chi connectivity index (χ3n) is 3.98. The molecule has 3 heterocycles. The monoisotopic (exact) mass is 304 g/mol. The molecule has 0 spiro atoms. The Labute approximate surface area is 128 Å². The number of hydrogen-bond donors (Lipinski definition) is 0.